The Hall–Kier alpha value is -1.49. The van der Waals surface area contributed by atoms with Crippen molar-refractivity contribution in [3.8, 4) is 0 Å². The van der Waals surface area contributed by atoms with Crippen LogP contribution in [0.25, 0.3) is 0 Å². The summed E-state index contributed by atoms with van der Waals surface area (Å²) in [6.45, 7) is 3.81. The van der Waals surface area contributed by atoms with Crippen molar-refractivity contribution < 1.29 is 13.6 Å². The fraction of sp³-hybridized carbons (Fsp3) is 0.500. The first-order valence-corrected chi connectivity index (χ1v) is 6.52. The summed E-state index contributed by atoms with van der Waals surface area (Å²) in [5, 5.41) is 5.91. The first-order valence-electron chi connectivity index (χ1n) is 6.52. The van der Waals surface area contributed by atoms with E-state index < -0.39 is 17.5 Å². The third kappa shape index (κ3) is 3.50. The number of piperidine rings is 1. The number of hydrogen-bond donors (Lipinski definition) is 2. The van der Waals surface area contributed by atoms with Gasteiger partial charge in [0.05, 0.1) is 5.56 Å². The van der Waals surface area contributed by atoms with Crippen LogP contribution < -0.4 is 10.6 Å². The van der Waals surface area contributed by atoms with E-state index in [0.717, 1.165) is 38.1 Å². The van der Waals surface area contributed by atoms with E-state index in [0.29, 0.717) is 12.5 Å². The summed E-state index contributed by atoms with van der Waals surface area (Å²) < 4.78 is 27.0. The van der Waals surface area contributed by atoms with Crippen LogP contribution in [-0.4, -0.2) is 25.5 Å². The number of carbonyl (C=O) groups excluding carboxylic acids is 1. The van der Waals surface area contributed by atoms with Crippen LogP contribution >= 0.6 is 0 Å². The van der Waals surface area contributed by atoms with Gasteiger partial charge in [0.15, 0.2) is 0 Å². The number of carbonyl (C=O) groups is 1. The van der Waals surface area contributed by atoms with Crippen molar-refractivity contribution in [1.29, 1.82) is 0 Å². The topological polar surface area (TPSA) is 41.1 Å². The molecule has 104 valence electrons. The molecule has 1 aromatic rings. The van der Waals surface area contributed by atoms with Gasteiger partial charge in [-0.2, -0.15) is 0 Å². The Kier molecular flexibility index (Phi) is 4.47. The molecule has 1 atom stereocenters. The Morgan fingerprint density at radius 1 is 1.42 bits per heavy atom. The molecule has 0 unspecified atom stereocenters. The van der Waals surface area contributed by atoms with E-state index in [1.54, 1.807) is 0 Å². The monoisotopic (exact) mass is 268 g/mol. The van der Waals surface area contributed by atoms with Crippen LogP contribution in [0.3, 0.4) is 0 Å². The van der Waals surface area contributed by atoms with Crippen molar-refractivity contribution in [3.05, 3.63) is 34.9 Å². The van der Waals surface area contributed by atoms with Crippen LogP contribution in [0.5, 0.6) is 0 Å². The van der Waals surface area contributed by atoms with Crippen molar-refractivity contribution in [2.75, 3.05) is 19.6 Å². The Balaban J connectivity index is 1.97. The van der Waals surface area contributed by atoms with Gasteiger partial charge in [-0.1, -0.05) is 0 Å². The number of halogens is 2. The van der Waals surface area contributed by atoms with Crippen LogP contribution in [0.1, 0.15) is 28.8 Å². The van der Waals surface area contributed by atoms with Crippen molar-refractivity contribution in [1.82, 2.24) is 10.6 Å². The molecule has 1 aliphatic heterocycles. The van der Waals surface area contributed by atoms with Gasteiger partial charge in [-0.3, -0.25) is 4.79 Å². The summed E-state index contributed by atoms with van der Waals surface area (Å²) in [7, 11) is 0. The van der Waals surface area contributed by atoms with Gasteiger partial charge < -0.3 is 10.6 Å². The van der Waals surface area contributed by atoms with E-state index in [4.69, 9.17) is 0 Å². The molecule has 1 aromatic carbocycles. The van der Waals surface area contributed by atoms with Crippen LogP contribution in [0.15, 0.2) is 12.1 Å². The van der Waals surface area contributed by atoms with Gasteiger partial charge in [0.1, 0.15) is 11.6 Å². The first-order chi connectivity index (χ1) is 9.08. The van der Waals surface area contributed by atoms with Crippen LogP contribution in [0.4, 0.5) is 8.78 Å². The zero-order valence-electron chi connectivity index (χ0n) is 10.9. The van der Waals surface area contributed by atoms with E-state index in [1.165, 1.54) is 6.92 Å². The molecule has 0 bridgehead atoms. The maximum Gasteiger partial charge on any atom is 0.254 e. The van der Waals surface area contributed by atoms with Crippen LogP contribution in [0, 0.1) is 24.5 Å². The molecular formula is C14H18F2N2O. The minimum Gasteiger partial charge on any atom is -0.352 e. The summed E-state index contributed by atoms with van der Waals surface area (Å²) in [5.74, 6) is -1.44. The van der Waals surface area contributed by atoms with Crippen LogP contribution in [0.2, 0.25) is 0 Å². The normalized spacial score (nSPS) is 19.2. The lowest BCUT2D eigenvalue weighted by molar-refractivity contribution is 0.0940. The second-order valence-electron chi connectivity index (χ2n) is 5.00. The van der Waals surface area contributed by atoms with Crippen molar-refractivity contribution in [2.24, 2.45) is 5.92 Å². The summed E-state index contributed by atoms with van der Waals surface area (Å²) in [4.78, 5) is 11.8. The third-order valence-corrected chi connectivity index (χ3v) is 3.44. The Bertz CT molecular complexity index is 471. The molecule has 1 heterocycles. The highest BCUT2D eigenvalue weighted by Crippen LogP contribution is 2.14. The molecule has 5 heteroatoms. The van der Waals surface area contributed by atoms with Crippen LogP contribution in [-0.2, 0) is 0 Å². The molecule has 2 N–H and O–H groups in total. The maximum atomic E-state index is 13.6. The molecule has 0 spiro atoms. The van der Waals surface area contributed by atoms with E-state index in [1.807, 2.05) is 0 Å². The number of amides is 1. The standard InChI is InChI=1S/C14H18F2N2O/c1-9-5-13(16)11(6-12(9)15)14(19)18-8-10-3-2-4-17-7-10/h5-6,10,17H,2-4,7-8H2,1H3,(H,18,19)/t10-/m1/s1. The van der Waals surface area contributed by atoms with E-state index >= 15 is 0 Å². The molecule has 1 fully saturated rings. The molecule has 19 heavy (non-hydrogen) atoms. The lowest BCUT2D eigenvalue weighted by Gasteiger charge is -2.22. The van der Waals surface area contributed by atoms with Crippen molar-refractivity contribution in [2.45, 2.75) is 19.8 Å². The summed E-state index contributed by atoms with van der Waals surface area (Å²) in [6.07, 6.45) is 2.12. The molecule has 0 saturated carbocycles. The largest absolute Gasteiger partial charge is 0.352 e. The second-order valence-corrected chi connectivity index (χ2v) is 5.00. The van der Waals surface area contributed by atoms with Gasteiger partial charge in [0.25, 0.3) is 5.91 Å². The smallest absolute Gasteiger partial charge is 0.254 e. The van der Waals surface area contributed by atoms with Gasteiger partial charge in [-0.05, 0) is 56.5 Å². The highest BCUT2D eigenvalue weighted by atomic mass is 19.1. The van der Waals surface area contributed by atoms with E-state index in [2.05, 4.69) is 10.6 Å². The van der Waals surface area contributed by atoms with Gasteiger partial charge in [-0.25, -0.2) is 8.78 Å². The van der Waals surface area contributed by atoms with Crippen molar-refractivity contribution in [3.63, 3.8) is 0 Å². The molecule has 1 saturated heterocycles. The number of nitrogens with one attached hydrogen (secondary N) is 2. The van der Waals surface area contributed by atoms with Gasteiger partial charge in [0, 0.05) is 6.54 Å². The lowest BCUT2D eigenvalue weighted by Crippen LogP contribution is -2.38. The minimum atomic E-state index is -0.682. The molecule has 0 aliphatic carbocycles. The summed E-state index contributed by atoms with van der Waals surface area (Å²) >= 11 is 0. The summed E-state index contributed by atoms with van der Waals surface area (Å²) in [5.41, 5.74) is -0.0302. The lowest BCUT2D eigenvalue weighted by atomic mass is 9.99. The van der Waals surface area contributed by atoms with Gasteiger partial charge in [0.2, 0.25) is 0 Å². The Morgan fingerprint density at radius 2 is 2.21 bits per heavy atom. The number of rotatable bonds is 3. The zero-order chi connectivity index (χ0) is 13.8. The Morgan fingerprint density at radius 3 is 2.89 bits per heavy atom. The zero-order valence-corrected chi connectivity index (χ0v) is 10.9. The third-order valence-electron chi connectivity index (χ3n) is 3.44. The quantitative estimate of drug-likeness (QED) is 0.880. The number of aryl methyl sites for hydroxylation is 1. The van der Waals surface area contributed by atoms with E-state index in [9.17, 15) is 13.6 Å². The van der Waals surface area contributed by atoms with Gasteiger partial charge >= 0.3 is 0 Å². The summed E-state index contributed by atoms with van der Waals surface area (Å²) in [6, 6.07) is 2.01. The minimum absolute atomic E-state index is 0.200. The molecule has 1 aliphatic rings. The number of hydrogen-bond acceptors (Lipinski definition) is 2. The SMILES string of the molecule is Cc1cc(F)c(C(=O)NC[C@@H]2CCCNC2)cc1F. The molecule has 2 rings (SSSR count). The van der Waals surface area contributed by atoms with Crippen molar-refractivity contribution >= 4 is 5.91 Å². The average molecular weight is 268 g/mol. The highest BCUT2D eigenvalue weighted by Gasteiger charge is 2.17. The highest BCUT2D eigenvalue weighted by molar-refractivity contribution is 5.94. The van der Waals surface area contributed by atoms with Gasteiger partial charge in [-0.15, -0.1) is 0 Å². The molecule has 3 nitrogen and oxygen atoms in total. The second kappa shape index (κ2) is 6.10. The predicted octanol–water partition coefficient (Wildman–Crippen LogP) is 2.00. The molecule has 0 radical (unpaired) electrons. The average Bonchev–Trinajstić information content (AvgIpc) is 2.41. The molecule has 1 amide bonds. The fourth-order valence-corrected chi connectivity index (χ4v) is 2.25. The molecular weight excluding hydrogens is 250 g/mol. The molecule has 0 aromatic heterocycles. The predicted molar refractivity (Wildman–Crippen MR) is 69.0 cm³/mol. The maximum absolute atomic E-state index is 13.6. The number of benzene rings is 1. The fourth-order valence-electron chi connectivity index (χ4n) is 2.25. The Labute approximate surface area is 111 Å². The first kappa shape index (κ1) is 13.9. The van der Waals surface area contributed by atoms with E-state index in [-0.39, 0.29) is 11.1 Å².